The Labute approximate surface area is 91.7 Å². The third-order valence-electron chi connectivity index (χ3n) is 1.59. The lowest BCUT2D eigenvalue weighted by atomic mass is 10.2. The number of ether oxygens (including phenoxy) is 1. The maximum atomic E-state index is 11.0. The van der Waals surface area contributed by atoms with Crippen molar-refractivity contribution in [3.63, 3.8) is 0 Å². The lowest BCUT2D eigenvalue weighted by Gasteiger charge is -1.97. The van der Waals surface area contributed by atoms with Crippen LogP contribution in [0.1, 0.15) is 12.5 Å². The fourth-order valence-corrected chi connectivity index (χ4v) is 1.38. The summed E-state index contributed by atoms with van der Waals surface area (Å²) in [5, 5.41) is 0. The van der Waals surface area contributed by atoms with Gasteiger partial charge in [-0.05, 0) is 24.6 Å². The van der Waals surface area contributed by atoms with E-state index in [4.69, 9.17) is 4.74 Å². The number of benzene rings is 1. The molecule has 2 nitrogen and oxygen atoms in total. The molecular formula is C11H11BrO2. The first kappa shape index (κ1) is 11.0. The molecule has 1 aromatic carbocycles. The first-order valence-corrected chi connectivity index (χ1v) is 5.12. The van der Waals surface area contributed by atoms with Crippen LogP contribution in [0.2, 0.25) is 0 Å². The van der Waals surface area contributed by atoms with Gasteiger partial charge in [-0.3, -0.25) is 0 Å². The molecule has 74 valence electrons. The predicted molar refractivity (Wildman–Crippen MR) is 59.8 cm³/mol. The predicted octanol–water partition coefficient (Wildman–Crippen LogP) is 3.03. The van der Waals surface area contributed by atoms with E-state index >= 15 is 0 Å². The molecule has 1 aromatic rings. The minimum atomic E-state index is -0.316. The quantitative estimate of drug-likeness (QED) is 0.613. The van der Waals surface area contributed by atoms with Crippen LogP contribution in [-0.2, 0) is 9.53 Å². The van der Waals surface area contributed by atoms with E-state index in [1.165, 1.54) is 6.08 Å². The number of rotatable bonds is 3. The van der Waals surface area contributed by atoms with E-state index in [9.17, 15) is 4.79 Å². The molecule has 0 saturated heterocycles. The number of esters is 1. The van der Waals surface area contributed by atoms with Gasteiger partial charge in [0, 0.05) is 10.5 Å². The van der Waals surface area contributed by atoms with Crippen molar-refractivity contribution in [3.8, 4) is 0 Å². The second-order valence-electron chi connectivity index (χ2n) is 2.61. The summed E-state index contributed by atoms with van der Waals surface area (Å²) in [6.07, 6.45) is 3.14. The Hall–Kier alpha value is -1.09. The summed E-state index contributed by atoms with van der Waals surface area (Å²) in [6.45, 7) is 2.18. The van der Waals surface area contributed by atoms with Crippen molar-refractivity contribution in [1.82, 2.24) is 0 Å². The number of carbonyl (C=O) groups excluding carboxylic acids is 1. The Morgan fingerprint density at radius 3 is 2.86 bits per heavy atom. The minimum Gasteiger partial charge on any atom is -0.463 e. The molecule has 3 heteroatoms. The van der Waals surface area contributed by atoms with E-state index in [0.717, 1.165) is 10.0 Å². The molecule has 0 unspecified atom stereocenters. The summed E-state index contributed by atoms with van der Waals surface area (Å²) in [4.78, 5) is 11.0. The van der Waals surface area contributed by atoms with Crippen molar-refractivity contribution < 1.29 is 9.53 Å². The van der Waals surface area contributed by atoms with Gasteiger partial charge < -0.3 is 4.74 Å². The number of hydrogen-bond acceptors (Lipinski definition) is 2. The molecule has 0 bridgehead atoms. The van der Waals surface area contributed by atoms with Crippen molar-refractivity contribution in [1.29, 1.82) is 0 Å². The van der Waals surface area contributed by atoms with Gasteiger partial charge in [0.25, 0.3) is 0 Å². The van der Waals surface area contributed by atoms with E-state index in [2.05, 4.69) is 15.9 Å². The highest BCUT2D eigenvalue weighted by molar-refractivity contribution is 9.10. The third kappa shape index (κ3) is 3.34. The normalized spacial score (nSPS) is 10.4. The maximum Gasteiger partial charge on any atom is 0.330 e. The van der Waals surface area contributed by atoms with Gasteiger partial charge in [0.05, 0.1) is 6.61 Å². The van der Waals surface area contributed by atoms with Crippen molar-refractivity contribution >= 4 is 28.0 Å². The summed E-state index contributed by atoms with van der Waals surface area (Å²) in [6, 6.07) is 7.67. The lowest BCUT2D eigenvalue weighted by molar-refractivity contribution is -0.137. The maximum absolute atomic E-state index is 11.0. The van der Waals surface area contributed by atoms with Crippen LogP contribution in [-0.4, -0.2) is 12.6 Å². The second-order valence-corrected chi connectivity index (χ2v) is 3.46. The Morgan fingerprint density at radius 1 is 1.50 bits per heavy atom. The highest BCUT2D eigenvalue weighted by Crippen LogP contribution is 2.16. The summed E-state index contributed by atoms with van der Waals surface area (Å²) in [5.74, 6) is -0.316. The zero-order valence-electron chi connectivity index (χ0n) is 7.87. The molecule has 0 atom stereocenters. The topological polar surface area (TPSA) is 26.3 Å². The van der Waals surface area contributed by atoms with Crippen molar-refractivity contribution in [2.24, 2.45) is 0 Å². The minimum absolute atomic E-state index is 0.316. The molecule has 0 saturated carbocycles. The summed E-state index contributed by atoms with van der Waals surface area (Å²) < 4.78 is 5.72. The third-order valence-corrected chi connectivity index (χ3v) is 2.31. The molecule has 0 fully saturated rings. The average molecular weight is 255 g/mol. The van der Waals surface area contributed by atoms with Crippen LogP contribution in [0.4, 0.5) is 0 Å². The van der Waals surface area contributed by atoms with Crippen LogP contribution in [0.15, 0.2) is 34.8 Å². The van der Waals surface area contributed by atoms with Gasteiger partial charge in [-0.2, -0.15) is 0 Å². The van der Waals surface area contributed by atoms with Crippen LogP contribution in [0.3, 0.4) is 0 Å². The van der Waals surface area contributed by atoms with Crippen LogP contribution in [0.5, 0.6) is 0 Å². The van der Waals surface area contributed by atoms with Gasteiger partial charge in [-0.15, -0.1) is 0 Å². The number of hydrogen-bond donors (Lipinski definition) is 0. The molecule has 0 aliphatic carbocycles. The van der Waals surface area contributed by atoms with Gasteiger partial charge >= 0.3 is 5.97 Å². The largest absolute Gasteiger partial charge is 0.463 e. The molecule has 0 heterocycles. The SMILES string of the molecule is CCOC(=O)/C=C\c1ccccc1Br. The van der Waals surface area contributed by atoms with E-state index < -0.39 is 0 Å². The van der Waals surface area contributed by atoms with Crippen molar-refractivity contribution in [2.45, 2.75) is 6.92 Å². The number of halogens is 1. The molecule has 0 aromatic heterocycles. The van der Waals surface area contributed by atoms with Crippen molar-refractivity contribution in [3.05, 3.63) is 40.4 Å². The molecular weight excluding hydrogens is 244 g/mol. The summed E-state index contributed by atoms with van der Waals surface area (Å²) in [5.41, 5.74) is 0.959. The van der Waals surface area contributed by atoms with Gasteiger partial charge in [-0.1, -0.05) is 34.1 Å². The smallest absolute Gasteiger partial charge is 0.330 e. The standard InChI is InChI=1S/C11H11BrO2/c1-2-14-11(13)8-7-9-5-3-4-6-10(9)12/h3-8H,2H2,1H3/b8-7-. The van der Waals surface area contributed by atoms with E-state index in [1.54, 1.807) is 13.0 Å². The highest BCUT2D eigenvalue weighted by atomic mass is 79.9. The molecule has 0 N–H and O–H groups in total. The van der Waals surface area contributed by atoms with Gasteiger partial charge in [0.1, 0.15) is 0 Å². The van der Waals surface area contributed by atoms with Crippen molar-refractivity contribution in [2.75, 3.05) is 6.61 Å². The summed E-state index contributed by atoms with van der Waals surface area (Å²) >= 11 is 3.38. The van der Waals surface area contributed by atoms with Gasteiger partial charge in [0.15, 0.2) is 0 Å². The van der Waals surface area contributed by atoms with Crippen LogP contribution in [0.25, 0.3) is 6.08 Å². The highest BCUT2D eigenvalue weighted by Gasteiger charge is 1.96. The zero-order valence-corrected chi connectivity index (χ0v) is 9.45. The monoisotopic (exact) mass is 254 g/mol. The molecule has 14 heavy (non-hydrogen) atoms. The fourth-order valence-electron chi connectivity index (χ4n) is 0.958. The van der Waals surface area contributed by atoms with Gasteiger partial charge in [0.2, 0.25) is 0 Å². The molecule has 0 amide bonds. The second kappa shape index (κ2) is 5.60. The average Bonchev–Trinajstić information content (AvgIpc) is 2.17. The van der Waals surface area contributed by atoms with E-state index in [-0.39, 0.29) is 5.97 Å². The molecule has 0 aliphatic rings. The Bertz CT molecular complexity index is 345. The van der Waals surface area contributed by atoms with E-state index in [1.807, 2.05) is 24.3 Å². The number of carbonyl (C=O) groups is 1. The van der Waals surface area contributed by atoms with Crippen LogP contribution >= 0.6 is 15.9 Å². The van der Waals surface area contributed by atoms with Crippen LogP contribution in [0, 0.1) is 0 Å². The molecule has 0 spiro atoms. The Balaban J connectivity index is 2.69. The van der Waals surface area contributed by atoms with Gasteiger partial charge in [-0.25, -0.2) is 4.79 Å². The fraction of sp³-hybridized carbons (Fsp3) is 0.182. The molecule has 0 radical (unpaired) electrons. The zero-order chi connectivity index (χ0) is 10.4. The lowest BCUT2D eigenvalue weighted by Crippen LogP contribution is -1.98. The first-order valence-electron chi connectivity index (χ1n) is 4.33. The summed E-state index contributed by atoms with van der Waals surface area (Å²) in [7, 11) is 0. The first-order chi connectivity index (χ1) is 6.74. The molecule has 1 rings (SSSR count). The van der Waals surface area contributed by atoms with Crippen LogP contribution < -0.4 is 0 Å². The Morgan fingerprint density at radius 2 is 2.21 bits per heavy atom. The Kier molecular flexibility index (Phi) is 4.40. The molecule has 0 aliphatic heterocycles. The van der Waals surface area contributed by atoms with E-state index in [0.29, 0.717) is 6.61 Å².